The Balaban J connectivity index is 1.76. The Bertz CT molecular complexity index is 620. The predicted octanol–water partition coefficient (Wildman–Crippen LogP) is 2.67. The van der Waals surface area contributed by atoms with Crippen molar-refractivity contribution in [2.75, 3.05) is 0 Å². The van der Waals surface area contributed by atoms with Gasteiger partial charge in [0.2, 0.25) is 0 Å². The van der Waals surface area contributed by atoms with E-state index in [0.29, 0.717) is 11.1 Å². The highest BCUT2D eigenvalue weighted by Gasteiger charge is 2.05. The Morgan fingerprint density at radius 1 is 0.682 bits per heavy atom. The number of carbonyl (C=O) groups excluding carboxylic acids is 2. The molecule has 0 saturated heterocycles. The molecule has 2 aromatic rings. The average Bonchev–Trinajstić information content (AvgIpc) is 2.59. The zero-order valence-electron chi connectivity index (χ0n) is 11.5. The van der Waals surface area contributed by atoms with Gasteiger partial charge in [-0.2, -0.15) is 0 Å². The summed E-state index contributed by atoms with van der Waals surface area (Å²) in [5.74, 6) is -1.18. The molecule has 0 amide bonds. The topological polar surface area (TPSA) is 77.3 Å². The van der Waals surface area contributed by atoms with Crippen molar-refractivity contribution in [3.63, 3.8) is 0 Å². The lowest BCUT2D eigenvalue weighted by Gasteiger charge is -1.96. The van der Waals surface area contributed by atoms with Gasteiger partial charge in [-0.3, -0.25) is 0 Å². The molecule has 6 nitrogen and oxygen atoms in total. The van der Waals surface area contributed by atoms with Crippen molar-refractivity contribution in [3.8, 4) is 0 Å². The van der Waals surface area contributed by atoms with Gasteiger partial charge in [0.1, 0.15) is 0 Å². The Kier molecular flexibility index (Phi) is 5.57. The number of oxime groups is 2. The van der Waals surface area contributed by atoms with Crippen molar-refractivity contribution in [1.29, 1.82) is 0 Å². The maximum Gasteiger partial charge on any atom is 0.365 e. The second-order valence-electron chi connectivity index (χ2n) is 4.00. The molecule has 0 unspecified atom stereocenters. The maximum atomic E-state index is 11.5. The van der Waals surface area contributed by atoms with E-state index in [-0.39, 0.29) is 0 Å². The Morgan fingerprint density at radius 3 is 1.41 bits per heavy atom. The van der Waals surface area contributed by atoms with Gasteiger partial charge in [0.15, 0.2) is 0 Å². The largest absolute Gasteiger partial charge is 0.365 e. The second-order valence-corrected chi connectivity index (χ2v) is 4.00. The van der Waals surface area contributed by atoms with Crippen LogP contribution in [0.25, 0.3) is 0 Å². The van der Waals surface area contributed by atoms with Crippen molar-refractivity contribution in [2.45, 2.75) is 0 Å². The molecule has 0 spiro atoms. The Morgan fingerprint density at radius 2 is 1.05 bits per heavy atom. The van der Waals surface area contributed by atoms with Gasteiger partial charge in [0, 0.05) is 0 Å². The lowest BCUT2D eigenvalue weighted by atomic mass is 10.2. The Hall–Kier alpha value is -3.28. The van der Waals surface area contributed by atoms with Crippen LogP contribution in [0.4, 0.5) is 0 Å². The van der Waals surface area contributed by atoms with Crippen molar-refractivity contribution in [1.82, 2.24) is 0 Å². The molecular formula is C16H12N2O4. The molecular weight excluding hydrogens is 284 g/mol. The summed E-state index contributed by atoms with van der Waals surface area (Å²) >= 11 is 0. The highest BCUT2D eigenvalue weighted by Crippen LogP contribution is 2.01. The Labute approximate surface area is 126 Å². The van der Waals surface area contributed by atoms with Gasteiger partial charge in [-0.05, 0) is 24.3 Å². The summed E-state index contributed by atoms with van der Waals surface area (Å²) in [6.07, 6.45) is 2.19. The van der Waals surface area contributed by atoms with Crippen LogP contribution in [0.5, 0.6) is 0 Å². The summed E-state index contributed by atoms with van der Waals surface area (Å²) in [4.78, 5) is 32.2. The first-order chi connectivity index (χ1) is 10.8. The van der Waals surface area contributed by atoms with Crippen molar-refractivity contribution < 1.29 is 19.3 Å². The molecule has 0 aliphatic rings. The molecule has 0 N–H and O–H groups in total. The first-order valence-electron chi connectivity index (χ1n) is 6.35. The van der Waals surface area contributed by atoms with Crippen molar-refractivity contribution >= 4 is 24.4 Å². The number of benzene rings is 2. The van der Waals surface area contributed by atoms with Crippen molar-refractivity contribution in [3.05, 3.63) is 71.8 Å². The number of hydrogen-bond donors (Lipinski definition) is 0. The molecule has 0 heterocycles. The molecule has 22 heavy (non-hydrogen) atoms. The van der Waals surface area contributed by atoms with Crippen LogP contribution < -0.4 is 0 Å². The quantitative estimate of drug-likeness (QED) is 0.483. The third-order valence-electron chi connectivity index (χ3n) is 2.48. The molecule has 0 saturated carbocycles. The zero-order valence-corrected chi connectivity index (χ0v) is 11.5. The molecule has 2 rings (SSSR count). The van der Waals surface area contributed by atoms with Crippen molar-refractivity contribution in [2.24, 2.45) is 10.3 Å². The monoisotopic (exact) mass is 296 g/mol. The minimum atomic E-state index is -0.591. The fraction of sp³-hybridized carbons (Fsp3) is 0. The number of hydrogen-bond acceptors (Lipinski definition) is 6. The second kappa shape index (κ2) is 8.11. The molecule has 0 atom stereocenters. The van der Waals surface area contributed by atoms with Gasteiger partial charge in [-0.15, -0.1) is 0 Å². The number of carbonyl (C=O) groups is 2. The van der Waals surface area contributed by atoms with E-state index in [1.165, 1.54) is 0 Å². The lowest BCUT2D eigenvalue weighted by molar-refractivity contribution is 0.0506. The van der Waals surface area contributed by atoms with Crippen LogP contribution in [-0.4, -0.2) is 24.4 Å². The normalized spacial score (nSPS) is 10.7. The predicted molar refractivity (Wildman–Crippen MR) is 80.7 cm³/mol. The maximum absolute atomic E-state index is 11.5. The molecule has 6 heteroatoms. The molecule has 0 radical (unpaired) electrons. The van der Waals surface area contributed by atoms with Gasteiger partial charge < -0.3 is 9.68 Å². The smallest absolute Gasteiger partial charge is 0.313 e. The first kappa shape index (κ1) is 15.1. The summed E-state index contributed by atoms with van der Waals surface area (Å²) in [5.41, 5.74) is 0.763. The van der Waals surface area contributed by atoms with Crippen LogP contribution in [0.2, 0.25) is 0 Å². The van der Waals surface area contributed by atoms with Crippen LogP contribution in [-0.2, 0) is 9.68 Å². The van der Waals surface area contributed by atoms with Crippen LogP contribution in [0, 0.1) is 0 Å². The summed E-state index contributed by atoms with van der Waals surface area (Å²) in [7, 11) is 0. The standard InChI is InChI=1S/C16H12N2O4/c19-15(13-7-3-1-4-8-13)21-17-11-12-18-22-16(20)14-9-5-2-6-10-14/h1-12H. The van der Waals surface area contributed by atoms with E-state index in [9.17, 15) is 9.59 Å². The summed E-state index contributed by atoms with van der Waals surface area (Å²) in [5, 5.41) is 6.80. The van der Waals surface area contributed by atoms with Gasteiger partial charge in [0.25, 0.3) is 0 Å². The van der Waals surface area contributed by atoms with Gasteiger partial charge in [-0.25, -0.2) is 9.59 Å². The van der Waals surface area contributed by atoms with E-state index in [4.69, 9.17) is 0 Å². The van der Waals surface area contributed by atoms with Gasteiger partial charge in [0.05, 0.1) is 23.6 Å². The van der Waals surface area contributed by atoms with Crippen LogP contribution in [0.15, 0.2) is 71.0 Å². The molecule has 0 aliphatic carbocycles. The minimum Gasteiger partial charge on any atom is -0.313 e. The molecule has 0 bridgehead atoms. The fourth-order valence-corrected chi connectivity index (χ4v) is 1.46. The summed E-state index contributed by atoms with van der Waals surface area (Å²) < 4.78 is 0. The van der Waals surface area contributed by atoms with E-state index < -0.39 is 11.9 Å². The summed E-state index contributed by atoms with van der Waals surface area (Å²) in [6, 6.07) is 16.8. The van der Waals surface area contributed by atoms with E-state index >= 15 is 0 Å². The van der Waals surface area contributed by atoms with E-state index in [1.54, 1.807) is 60.7 Å². The van der Waals surface area contributed by atoms with Crippen LogP contribution in [0.3, 0.4) is 0 Å². The van der Waals surface area contributed by atoms with E-state index in [0.717, 1.165) is 12.4 Å². The molecule has 0 fully saturated rings. The van der Waals surface area contributed by atoms with Crippen LogP contribution >= 0.6 is 0 Å². The zero-order chi connectivity index (χ0) is 15.6. The van der Waals surface area contributed by atoms with E-state index in [2.05, 4.69) is 20.0 Å². The first-order valence-corrected chi connectivity index (χ1v) is 6.35. The average molecular weight is 296 g/mol. The highest BCUT2D eigenvalue weighted by atomic mass is 16.7. The van der Waals surface area contributed by atoms with Crippen LogP contribution in [0.1, 0.15) is 20.7 Å². The molecule has 0 aliphatic heterocycles. The third-order valence-corrected chi connectivity index (χ3v) is 2.48. The fourth-order valence-electron chi connectivity index (χ4n) is 1.46. The van der Waals surface area contributed by atoms with Gasteiger partial charge >= 0.3 is 11.9 Å². The number of rotatable bonds is 5. The van der Waals surface area contributed by atoms with E-state index in [1.807, 2.05) is 0 Å². The highest BCUT2D eigenvalue weighted by molar-refractivity contribution is 6.15. The third kappa shape index (κ3) is 4.68. The molecule has 110 valence electrons. The van der Waals surface area contributed by atoms with Gasteiger partial charge in [-0.1, -0.05) is 46.7 Å². The minimum absolute atomic E-state index is 0.382. The SMILES string of the molecule is O=C(ON=CC=NOC(=O)c1ccccc1)c1ccccc1. The lowest BCUT2D eigenvalue weighted by Crippen LogP contribution is -2.01. The number of nitrogens with zero attached hydrogens (tertiary/aromatic N) is 2. The molecule has 0 aromatic heterocycles. The summed E-state index contributed by atoms with van der Waals surface area (Å²) in [6.45, 7) is 0. The molecule has 2 aromatic carbocycles.